The van der Waals surface area contributed by atoms with Gasteiger partial charge in [-0.25, -0.2) is 0 Å². The summed E-state index contributed by atoms with van der Waals surface area (Å²) in [6, 6.07) is 9.22. The summed E-state index contributed by atoms with van der Waals surface area (Å²) in [5.74, 6) is 5.89. The predicted octanol–water partition coefficient (Wildman–Crippen LogP) is 2.89. The molecule has 1 heterocycles. The molecule has 21 heavy (non-hydrogen) atoms. The molecular weight excluding hydrogens is 258 g/mol. The summed E-state index contributed by atoms with van der Waals surface area (Å²) in [5, 5.41) is 0. The molecule has 1 aliphatic heterocycles. The number of rotatable bonds is 6. The molecule has 0 saturated carbocycles. The van der Waals surface area contributed by atoms with E-state index >= 15 is 0 Å². The summed E-state index contributed by atoms with van der Waals surface area (Å²) in [6.07, 6.45) is 6.06. The summed E-state index contributed by atoms with van der Waals surface area (Å²) in [4.78, 5) is 2.60. The van der Waals surface area contributed by atoms with Crippen LogP contribution >= 0.6 is 0 Å². The minimum atomic E-state index is 0.0819. The number of piperidine rings is 1. The van der Waals surface area contributed by atoms with Crippen LogP contribution in [0.25, 0.3) is 0 Å². The molecule has 118 valence electrons. The van der Waals surface area contributed by atoms with Gasteiger partial charge < -0.3 is 0 Å². The monoisotopic (exact) mass is 289 g/mol. The standard InChI is InChI=1S/C18H31N3/c1-4-15-8-10-16(11-9-15)14-17(20-19)18(2,3)21-12-6-5-7-13-21/h8-11,17,20H,4-7,12-14,19H2,1-3H3. The Morgan fingerprint density at radius 1 is 1.10 bits per heavy atom. The first-order chi connectivity index (χ1) is 10.1. The average Bonchev–Trinajstić information content (AvgIpc) is 2.53. The molecule has 3 heteroatoms. The van der Waals surface area contributed by atoms with Crippen molar-refractivity contribution in [3.05, 3.63) is 35.4 Å². The van der Waals surface area contributed by atoms with Crippen LogP contribution < -0.4 is 11.3 Å². The molecule has 0 radical (unpaired) electrons. The molecule has 1 aromatic carbocycles. The Balaban J connectivity index is 2.06. The normalized spacial score (nSPS) is 18.7. The first-order valence-corrected chi connectivity index (χ1v) is 8.37. The molecule has 1 aliphatic rings. The number of hydrogen-bond donors (Lipinski definition) is 2. The van der Waals surface area contributed by atoms with Crippen molar-refractivity contribution in [1.29, 1.82) is 0 Å². The van der Waals surface area contributed by atoms with E-state index in [1.807, 2.05) is 0 Å². The van der Waals surface area contributed by atoms with Gasteiger partial charge in [0.2, 0.25) is 0 Å². The van der Waals surface area contributed by atoms with Crippen molar-refractivity contribution in [2.75, 3.05) is 13.1 Å². The highest BCUT2D eigenvalue weighted by atomic mass is 15.3. The molecule has 0 spiro atoms. The van der Waals surface area contributed by atoms with Gasteiger partial charge in [0.05, 0.1) is 0 Å². The van der Waals surface area contributed by atoms with Crippen LogP contribution in [0.1, 0.15) is 51.2 Å². The number of nitrogens with one attached hydrogen (secondary N) is 1. The van der Waals surface area contributed by atoms with Crippen molar-refractivity contribution >= 4 is 0 Å². The molecule has 1 fully saturated rings. The van der Waals surface area contributed by atoms with Crippen LogP contribution in [0.4, 0.5) is 0 Å². The topological polar surface area (TPSA) is 41.3 Å². The zero-order valence-corrected chi connectivity index (χ0v) is 13.9. The molecule has 1 unspecified atom stereocenters. The van der Waals surface area contributed by atoms with Crippen molar-refractivity contribution in [1.82, 2.24) is 10.3 Å². The van der Waals surface area contributed by atoms with Crippen molar-refractivity contribution in [2.45, 2.75) is 64.5 Å². The van der Waals surface area contributed by atoms with Gasteiger partial charge in [-0.2, -0.15) is 0 Å². The molecule has 0 amide bonds. The van der Waals surface area contributed by atoms with Gasteiger partial charge in [-0.1, -0.05) is 37.6 Å². The molecule has 3 nitrogen and oxygen atoms in total. The molecule has 0 aliphatic carbocycles. The molecule has 1 atom stereocenters. The van der Waals surface area contributed by atoms with Crippen LogP contribution in [-0.2, 0) is 12.8 Å². The number of nitrogens with zero attached hydrogens (tertiary/aromatic N) is 1. The van der Waals surface area contributed by atoms with Gasteiger partial charge in [0.1, 0.15) is 0 Å². The van der Waals surface area contributed by atoms with Crippen molar-refractivity contribution in [2.24, 2.45) is 5.84 Å². The van der Waals surface area contributed by atoms with Crippen LogP contribution in [0.15, 0.2) is 24.3 Å². The van der Waals surface area contributed by atoms with E-state index < -0.39 is 0 Å². The van der Waals surface area contributed by atoms with Gasteiger partial charge in [-0.3, -0.25) is 16.2 Å². The van der Waals surface area contributed by atoms with E-state index in [1.165, 1.54) is 43.5 Å². The Morgan fingerprint density at radius 3 is 2.19 bits per heavy atom. The molecule has 3 N–H and O–H groups in total. The summed E-state index contributed by atoms with van der Waals surface area (Å²) >= 11 is 0. The van der Waals surface area contributed by atoms with E-state index in [4.69, 9.17) is 5.84 Å². The zero-order valence-electron chi connectivity index (χ0n) is 13.9. The summed E-state index contributed by atoms with van der Waals surface area (Å²) in [7, 11) is 0. The molecular formula is C18H31N3. The number of likely N-dealkylation sites (tertiary alicyclic amines) is 1. The second-order valence-corrected chi connectivity index (χ2v) is 6.79. The lowest BCUT2D eigenvalue weighted by molar-refractivity contribution is 0.0611. The molecule has 1 saturated heterocycles. The van der Waals surface area contributed by atoms with Crippen LogP contribution in [0.2, 0.25) is 0 Å². The summed E-state index contributed by atoms with van der Waals surface area (Å²) < 4.78 is 0. The number of aryl methyl sites for hydroxylation is 1. The van der Waals surface area contributed by atoms with Crippen molar-refractivity contribution in [3.8, 4) is 0 Å². The zero-order chi connectivity index (χ0) is 15.3. The fourth-order valence-corrected chi connectivity index (χ4v) is 3.35. The highest BCUT2D eigenvalue weighted by molar-refractivity contribution is 5.24. The fourth-order valence-electron chi connectivity index (χ4n) is 3.35. The molecule has 2 rings (SSSR count). The highest BCUT2D eigenvalue weighted by Crippen LogP contribution is 2.25. The van der Waals surface area contributed by atoms with E-state index in [-0.39, 0.29) is 11.6 Å². The first kappa shape index (κ1) is 16.5. The van der Waals surface area contributed by atoms with Gasteiger partial charge >= 0.3 is 0 Å². The molecule has 1 aromatic rings. The Labute approximate surface area is 129 Å². The summed E-state index contributed by atoms with van der Waals surface area (Å²) in [6.45, 7) is 9.23. The fraction of sp³-hybridized carbons (Fsp3) is 0.667. The van der Waals surface area contributed by atoms with E-state index in [0.29, 0.717) is 0 Å². The SMILES string of the molecule is CCc1ccc(CC(NN)C(C)(C)N2CCCCC2)cc1. The van der Waals surface area contributed by atoms with Gasteiger partial charge in [0.15, 0.2) is 0 Å². The smallest absolute Gasteiger partial charge is 0.0429 e. The maximum atomic E-state index is 5.89. The molecule has 0 bridgehead atoms. The lowest BCUT2D eigenvalue weighted by Crippen LogP contribution is -2.61. The maximum Gasteiger partial charge on any atom is 0.0429 e. The van der Waals surface area contributed by atoms with Crippen molar-refractivity contribution in [3.63, 3.8) is 0 Å². The number of hydrogen-bond acceptors (Lipinski definition) is 3. The summed E-state index contributed by atoms with van der Waals surface area (Å²) in [5.41, 5.74) is 5.91. The van der Waals surface area contributed by atoms with Crippen LogP contribution in [0.3, 0.4) is 0 Å². The van der Waals surface area contributed by atoms with Gasteiger partial charge in [-0.15, -0.1) is 0 Å². The van der Waals surface area contributed by atoms with E-state index in [1.54, 1.807) is 0 Å². The minimum Gasteiger partial charge on any atom is -0.297 e. The van der Waals surface area contributed by atoms with Crippen molar-refractivity contribution < 1.29 is 0 Å². The van der Waals surface area contributed by atoms with E-state index in [0.717, 1.165) is 12.8 Å². The third-order valence-corrected chi connectivity index (χ3v) is 5.10. The van der Waals surface area contributed by atoms with Gasteiger partial charge in [0.25, 0.3) is 0 Å². The van der Waals surface area contributed by atoms with Crippen LogP contribution in [-0.4, -0.2) is 29.6 Å². The van der Waals surface area contributed by atoms with Crippen LogP contribution in [0, 0.1) is 0 Å². The Kier molecular flexibility index (Phi) is 5.80. The van der Waals surface area contributed by atoms with Crippen LogP contribution in [0.5, 0.6) is 0 Å². The number of hydrazine groups is 1. The number of benzene rings is 1. The second kappa shape index (κ2) is 7.39. The average molecular weight is 289 g/mol. The first-order valence-electron chi connectivity index (χ1n) is 8.37. The Hall–Kier alpha value is -0.900. The van der Waals surface area contributed by atoms with Gasteiger partial charge in [-0.05, 0) is 63.7 Å². The third-order valence-electron chi connectivity index (χ3n) is 5.10. The minimum absolute atomic E-state index is 0.0819. The largest absolute Gasteiger partial charge is 0.297 e. The Bertz CT molecular complexity index is 419. The third kappa shape index (κ3) is 4.06. The van der Waals surface area contributed by atoms with E-state index in [2.05, 4.69) is 55.4 Å². The maximum absolute atomic E-state index is 5.89. The second-order valence-electron chi connectivity index (χ2n) is 6.79. The lowest BCUT2D eigenvalue weighted by Gasteiger charge is -2.45. The predicted molar refractivity (Wildman–Crippen MR) is 90.1 cm³/mol. The van der Waals surface area contributed by atoms with Gasteiger partial charge in [0, 0.05) is 11.6 Å². The Morgan fingerprint density at radius 2 is 1.67 bits per heavy atom. The lowest BCUT2D eigenvalue weighted by atomic mass is 9.86. The molecule has 0 aromatic heterocycles. The number of nitrogens with two attached hydrogens (primary N) is 1. The quantitative estimate of drug-likeness (QED) is 0.625. The van der Waals surface area contributed by atoms with E-state index in [9.17, 15) is 0 Å². The highest BCUT2D eigenvalue weighted by Gasteiger charge is 2.35.